The number of aromatic hydroxyl groups is 1. The summed E-state index contributed by atoms with van der Waals surface area (Å²) in [5, 5.41) is 26.3. The fourth-order valence-electron chi connectivity index (χ4n) is 4.40. The average Bonchev–Trinajstić information content (AvgIpc) is 3.00. The molecule has 152 valence electrons. The third-order valence-electron chi connectivity index (χ3n) is 5.63. The van der Waals surface area contributed by atoms with E-state index in [1.54, 1.807) is 0 Å². The molecular weight excluding hydrogens is 403 g/mol. The molecule has 1 unspecified atom stereocenters. The number of carbonyl (C=O) groups excluding carboxylic acids is 4. The zero-order valence-corrected chi connectivity index (χ0v) is 18.5. The number of rotatable bonds is 4. The van der Waals surface area contributed by atoms with Crippen LogP contribution in [0.15, 0.2) is 35.5 Å². The first kappa shape index (κ1) is 22.1. The topological polar surface area (TPSA) is 142 Å². The summed E-state index contributed by atoms with van der Waals surface area (Å²) >= 11 is 0. The van der Waals surface area contributed by atoms with Crippen LogP contribution in [0.25, 0.3) is 0 Å². The van der Waals surface area contributed by atoms with E-state index in [9.17, 15) is 29.4 Å². The maximum atomic E-state index is 12.7. The zero-order chi connectivity index (χ0) is 20.9. The van der Waals surface area contributed by atoms with Crippen molar-refractivity contribution in [3.8, 4) is 5.75 Å². The molecule has 10 nitrogen and oxygen atoms in total. The molecule has 0 aliphatic carbocycles. The summed E-state index contributed by atoms with van der Waals surface area (Å²) in [7, 11) is 0. The molecule has 4 amide bonds. The van der Waals surface area contributed by atoms with Crippen LogP contribution in [0, 0.1) is 5.92 Å². The minimum Gasteiger partial charge on any atom is -0.543 e. The first-order chi connectivity index (χ1) is 13.8. The summed E-state index contributed by atoms with van der Waals surface area (Å²) < 4.78 is 0. The number of nitrogens with zero attached hydrogens (tertiary/aromatic N) is 2. The predicted octanol–water partition coefficient (Wildman–Crippen LogP) is -4.02. The van der Waals surface area contributed by atoms with Crippen molar-refractivity contribution in [2.45, 2.75) is 25.4 Å². The summed E-state index contributed by atoms with van der Waals surface area (Å²) in [6.07, 6.45) is 0.458. The van der Waals surface area contributed by atoms with Gasteiger partial charge in [-0.3, -0.25) is 9.59 Å². The quantitative estimate of drug-likeness (QED) is 0.256. The number of phenolic OH excluding ortho intramolecular Hbond substituents is 1. The van der Waals surface area contributed by atoms with Gasteiger partial charge in [-0.1, -0.05) is 0 Å². The van der Waals surface area contributed by atoms with Crippen LogP contribution in [0.4, 0.5) is 10.5 Å². The molecule has 4 rings (SSSR count). The van der Waals surface area contributed by atoms with Crippen LogP contribution in [-0.2, 0) is 14.4 Å². The van der Waals surface area contributed by atoms with E-state index in [0.29, 0.717) is 17.7 Å². The van der Waals surface area contributed by atoms with Crippen LogP contribution in [0.2, 0.25) is 0 Å². The van der Waals surface area contributed by atoms with Crippen molar-refractivity contribution in [3.63, 3.8) is 0 Å². The van der Waals surface area contributed by atoms with Crippen LogP contribution in [0.1, 0.15) is 13.3 Å². The van der Waals surface area contributed by atoms with Gasteiger partial charge in [0.25, 0.3) is 5.91 Å². The molecule has 0 spiro atoms. The van der Waals surface area contributed by atoms with Gasteiger partial charge in [-0.25, -0.2) is 4.79 Å². The second-order valence-electron chi connectivity index (χ2n) is 7.28. The Kier molecular flexibility index (Phi) is 6.11. The molecule has 11 heteroatoms. The van der Waals surface area contributed by atoms with E-state index in [1.165, 1.54) is 41.0 Å². The molecule has 1 aromatic rings. The van der Waals surface area contributed by atoms with Gasteiger partial charge in [0.15, 0.2) is 0 Å². The van der Waals surface area contributed by atoms with Crippen molar-refractivity contribution in [2.75, 3.05) is 18.4 Å². The van der Waals surface area contributed by atoms with Crippen LogP contribution in [-0.4, -0.2) is 63.9 Å². The number of anilines is 1. The number of likely N-dealkylation sites (tertiary alicyclic amines) is 1. The molecule has 3 heterocycles. The summed E-state index contributed by atoms with van der Waals surface area (Å²) in [5.74, 6) is -2.44. The van der Waals surface area contributed by atoms with E-state index in [4.69, 9.17) is 0 Å². The van der Waals surface area contributed by atoms with E-state index >= 15 is 0 Å². The van der Waals surface area contributed by atoms with Crippen molar-refractivity contribution >= 4 is 29.5 Å². The number of carboxylic acid groups (broad SMARTS) is 1. The number of piperidine rings is 1. The van der Waals surface area contributed by atoms with Crippen LogP contribution < -0.4 is 45.3 Å². The Morgan fingerprint density at radius 1 is 1.23 bits per heavy atom. The van der Waals surface area contributed by atoms with Gasteiger partial charge >= 0.3 is 35.6 Å². The van der Waals surface area contributed by atoms with Crippen LogP contribution in [0.5, 0.6) is 5.75 Å². The van der Waals surface area contributed by atoms with Gasteiger partial charge in [-0.05, 0) is 36.3 Å². The fraction of sp³-hybridized carbons (Fsp3) is 0.368. The number of aliphatic carboxylic acids is 1. The molecular formula is C19H19N4NaO6. The van der Waals surface area contributed by atoms with E-state index in [0.717, 1.165) is 0 Å². The Hall–Kier alpha value is -2.56. The molecule has 0 bridgehead atoms. The van der Waals surface area contributed by atoms with Crippen molar-refractivity contribution in [1.82, 2.24) is 15.1 Å². The Balaban J connectivity index is 0.00000256. The van der Waals surface area contributed by atoms with Gasteiger partial charge in [0, 0.05) is 31.6 Å². The van der Waals surface area contributed by atoms with Crippen molar-refractivity contribution in [3.05, 3.63) is 35.5 Å². The standard InChI is InChI=1S/C19H20N4O6.Na/c1-9(24)20-8-13-12-6-7-22(19(29)21-10-2-4-11(25)5-3-10)16-14(12)23(17(16)26)15(13)18(27)28;/h2-5,12,14,16,25H,6-8H2,1H3,(H,20,24)(H,21,29)(H,27,28);/q;+1/p-1/t12?,14-,16+;/m1./s1. The predicted molar refractivity (Wildman–Crippen MR) is 97.1 cm³/mol. The van der Waals surface area contributed by atoms with Gasteiger partial charge in [0.05, 0.1) is 17.7 Å². The number of β-lactam (4-membered cyclic amide) rings is 1. The van der Waals surface area contributed by atoms with E-state index in [1.807, 2.05) is 0 Å². The summed E-state index contributed by atoms with van der Waals surface area (Å²) in [5.41, 5.74) is 0.723. The molecule has 3 atom stereocenters. The molecule has 0 saturated carbocycles. The Labute approximate surface area is 194 Å². The first-order valence-corrected chi connectivity index (χ1v) is 9.18. The number of phenols is 1. The average molecular weight is 422 g/mol. The monoisotopic (exact) mass is 422 g/mol. The second kappa shape index (κ2) is 8.29. The van der Waals surface area contributed by atoms with E-state index in [-0.39, 0.29) is 65.9 Å². The number of hydrogen-bond acceptors (Lipinski definition) is 6. The molecule has 0 aromatic heterocycles. The second-order valence-corrected chi connectivity index (χ2v) is 7.28. The number of carbonyl (C=O) groups is 4. The van der Waals surface area contributed by atoms with E-state index < -0.39 is 30.0 Å². The number of benzene rings is 1. The van der Waals surface area contributed by atoms with Crippen LogP contribution in [0.3, 0.4) is 0 Å². The number of hydrogen-bond donors (Lipinski definition) is 3. The minimum atomic E-state index is -1.47. The van der Waals surface area contributed by atoms with Gasteiger partial charge in [0.2, 0.25) is 5.91 Å². The molecule has 3 aliphatic rings. The van der Waals surface area contributed by atoms with Gasteiger partial charge in [-0.2, -0.15) is 0 Å². The van der Waals surface area contributed by atoms with Gasteiger partial charge in [0.1, 0.15) is 11.8 Å². The smallest absolute Gasteiger partial charge is 0.543 e. The van der Waals surface area contributed by atoms with Crippen molar-refractivity contribution in [2.24, 2.45) is 5.92 Å². The Bertz CT molecular complexity index is 947. The molecule has 3 aliphatic heterocycles. The number of carboxylic acids is 1. The van der Waals surface area contributed by atoms with Crippen molar-refractivity contribution in [1.29, 1.82) is 0 Å². The molecule has 2 fully saturated rings. The van der Waals surface area contributed by atoms with Gasteiger partial charge in [-0.15, -0.1) is 0 Å². The van der Waals surface area contributed by atoms with Crippen molar-refractivity contribution < 1.29 is 58.9 Å². The summed E-state index contributed by atoms with van der Waals surface area (Å²) in [4.78, 5) is 51.0. The number of amides is 4. The molecule has 0 radical (unpaired) electrons. The summed E-state index contributed by atoms with van der Waals surface area (Å²) in [6, 6.07) is 4.21. The fourth-order valence-corrected chi connectivity index (χ4v) is 4.40. The Morgan fingerprint density at radius 2 is 1.90 bits per heavy atom. The van der Waals surface area contributed by atoms with Crippen LogP contribution >= 0.6 is 0 Å². The minimum absolute atomic E-state index is 0. The molecule has 1 aromatic carbocycles. The maximum Gasteiger partial charge on any atom is 1.00 e. The molecule has 30 heavy (non-hydrogen) atoms. The molecule has 2 saturated heterocycles. The number of nitrogens with one attached hydrogen (secondary N) is 2. The Morgan fingerprint density at radius 3 is 2.50 bits per heavy atom. The van der Waals surface area contributed by atoms with E-state index in [2.05, 4.69) is 10.6 Å². The number of urea groups is 1. The normalized spacial score (nSPS) is 23.9. The maximum absolute atomic E-state index is 12.7. The molecule has 3 N–H and O–H groups in total. The largest absolute Gasteiger partial charge is 1.00 e. The SMILES string of the molecule is CC(=O)NCC1=C(C(=O)[O-])N2C(=O)[C@@H]3[C@H]2C1CCN3C(=O)Nc1ccc(O)cc1.[Na+]. The third kappa shape index (κ3) is 3.55. The summed E-state index contributed by atoms with van der Waals surface area (Å²) in [6.45, 7) is 1.61. The first-order valence-electron chi connectivity index (χ1n) is 9.18. The third-order valence-corrected chi connectivity index (χ3v) is 5.63. The zero-order valence-electron chi connectivity index (χ0n) is 16.5. The van der Waals surface area contributed by atoms with Gasteiger partial charge < -0.3 is 35.4 Å².